The normalized spacial score (nSPS) is 12.2. The van der Waals surface area contributed by atoms with Crippen molar-refractivity contribution in [3.05, 3.63) is 83.2 Å². The van der Waals surface area contributed by atoms with Crippen LogP contribution in [0, 0.1) is 12.7 Å². The Morgan fingerprint density at radius 2 is 1.57 bits per heavy atom. The molecule has 1 atom stereocenters. The number of sulfonamides is 1. The first-order valence-electron chi connectivity index (χ1n) is 11.9. The van der Waals surface area contributed by atoms with E-state index in [-0.39, 0.29) is 16.5 Å². The number of benzene rings is 3. The van der Waals surface area contributed by atoms with E-state index in [4.69, 9.17) is 9.47 Å². The SMILES string of the molecule is COc1ccc(S(=O)(=O)N(CC(=O)NC(C)c2cc(C(C)C)c(OC)cc2C)c2ccc(F)cc2)cc1. The van der Waals surface area contributed by atoms with Gasteiger partial charge in [-0.05, 0) is 97.1 Å². The number of hydrogen-bond donors (Lipinski definition) is 1. The number of methoxy groups -OCH3 is 2. The zero-order chi connectivity index (χ0) is 27.3. The number of hydrogen-bond acceptors (Lipinski definition) is 5. The van der Waals surface area contributed by atoms with Gasteiger partial charge in [0.1, 0.15) is 23.9 Å². The number of nitrogens with one attached hydrogen (secondary N) is 1. The molecule has 0 aliphatic heterocycles. The number of rotatable bonds is 10. The lowest BCUT2D eigenvalue weighted by Crippen LogP contribution is -2.41. The Balaban J connectivity index is 1.91. The molecule has 0 bridgehead atoms. The fourth-order valence-electron chi connectivity index (χ4n) is 4.10. The van der Waals surface area contributed by atoms with Crippen LogP contribution < -0.4 is 19.1 Å². The summed E-state index contributed by atoms with van der Waals surface area (Å²) in [4.78, 5) is 13.2. The predicted molar refractivity (Wildman–Crippen MR) is 142 cm³/mol. The number of amides is 1. The smallest absolute Gasteiger partial charge is 0.264 e. The molecule has 0 radical (unpaired) electrons. The number of aryl methyl sites for hydroxylation is 1. The van der Waals surface area contributed by atoms with E-state index in [1.165, 1.54) is 43.5 Å². The van der Waals surface area contributed by atoms with Crippen LogP contribution >= 0.6 is 0 Å². The zero-order valence-electron chi connectivity index (χ0n) is 21.9. The van der Waals surface area contributed by atoms with Crippen LogP contribution in [0.2, 0.25) is 0 Å². The fourth-order valence-corrected chi connectivity index (χ4v) is 5.52. The summed E-state index contributed by atoms with van der Waals surface area (Å²) in [5, 5.41) is 2.91. The number of carbonyl (C=O) groups excluding carboxylic acids is 1. The topological polar surface area (TPSA) is 84.9 Å². The van der Waals surface area contributed by atoms with Crippen molar-refractivity contribution in [3.63, 3.8) is 0 Å². The molecule has 0 aliphatic rings. The second-order valence-corrected chi connectivity index (χ2v) is 10.9. The van der Waals surface area contributed by atoms with Crippen molar-refractivity contribution in [2.24, 2.45) is 0 Å². The molecule has 0 spiro atoms. The number of carbonyl (C=O) groups is 1. The van der Waals surface area contributed by atoms with Crippen molar-refractivity contribution in [1.82, 2.24) is 5.32 Å². The van der Waals surface area contributed by atoms with Gasteiger partial charge in [0.15, 0.2) is 0 Å². The van der Waals surface area contributed by atoms with E-state index in [0.717, 1.165) is 38.9 Å². The first-order chi connectivity index (χ1) is 17.5. The number of anilines is 1. The molecule has 1 N–H and O–H groups in total. The highest BCUT2D eigenvalue weighted by Gasteiger charge is 2.28. The summed E-state index contributed by atoms with van der Waals surface area (Å²) < 4.78 is 52.3. The minimum absolute atomic E-state index is 0.0222. The van der Waals surface area contributed by atoms with Gasteiger partial charge in [-0.1, -0.05) is 13.8 Å². The van der Waals surface area contributed by atoms with Gasteiger partial charge in [0.25, 0.3) is 10.0 Å². The number of nitrogens with zero attached hydrogens (tertiary/aromatic N) is 1. The van der Waals surface area contributed by atoms with E-state index in [1.807, 2.05) is 26.0 Å². The molecule has 0 fully saturated rings. The molecule has 1 unspecified atom stereocenters. The zero-order valence-corrected chi connectivity index (χ0v) is 22.7. The van der Waals surface area contributed by atoms with Crippen molar-refractivity contribution in [1.29, 1.82) is 0 Å². The summed E-state index contributed by atoms with van der Waals surface area (Å²) in [5.41, 5.74) is 3.03. The van der Waals surface area contributed by atoms with Crippen LogP contribution in [-0.4, -0.2) is 35.1 Å². The average Bonchev–Trinajstić information content (AvgIpc) is 2.87. The van der Waals surface area contributed by atoms with E-state index in [0.29, 0.717) is 5.75 Å². The van der Waals surface area contributed by atoms with Gasteiger partial charge < -0.3 is 14.8 Å². The second kappa shape index (κ2) is 11.6. The first-order valence-corrected chi connectivity index (χ1v) is 13.3. The van der Waals surface area contributed by atoms with Crippen LogP contribution in [0.25, 0.3) is 0 Å². The highest BCUT2D eigenvalue weighted by molar-refractivity contribution is 7.92. The Morgan fingerprint density at radius 1 is 0.946 bits per heavy atom. The lowest BCUT2D eigenvalue weighted by molar-refractivity contribution is -0.120. The van der Waals surface area contributed by atoms with Crippen molar-refractivity contribution in [3.8, 4) is 11.5 Å². The Hall–Kier alpha value is -3.59. The molecule has 3 aromatic rings. The molecule has 9 heteroatoms. The predicted octanol–water partition coefficient (Wildman–Crippen LogP) is 5.35. The summed E-state index contributed by atoms with van der Waals surface area (Å²) in [6.45, 7) is 7.41. The highest BCUT2D eigenvalue weighted by atomic mass is 32.2. The third-order valence-electron chi connectivity index (χ3n) is 6.13. The van der Waals surface area contributed by atoms with Crippen LogP contribution in [0.3, 0.4) is 0 Å². The number of halogens is 1. The minimum atomic E-state index is -4.14. The van der Waals surface area contributed by atoms with Crippen LogP contribution in [0.5, 0.6) is 11.5 Å². The lowest BCUT2D eigenvalue weighted by atomic mass is 9.93. The third kappa shape index (κ3) is 6.40. The molecule has 0 saturated carbocycles. The molecule has 37 heavy (non-hydrogen) atoms. The van der Waals surface area contributed by atoms with E-state index >= 15 is 0 Å². The van der Waals surface area contributed by atoms with Gasteiger partial charge >= 0.3 is 0 Å². The van der Waals surface area contributed by atoms with Gasteiger partial charge in [-0.25, -0.2) is 12.8 Å². The summed E-state index contributed by atoms with van der Waals surface area (Å²) in [5.74, 6) is 0.466. The molecule has 3 rings (SSSR count). The number of ether oxygens (including phenoxy) is 2. The molecule has 7 nitrogen and oxygen atoms in total. The van der Waals surface area contributed by atoms with Crippen molar-refractivity contribution < 1.29 is 27.1 Å². The van der Waals surface area contributed by atoms with Crippen LogP contribution in [-0.2, 0) is 14.8 Å². The highest BCUT2D eigenvalue weighted by Crippen LogP contribution is 2.32. The standard InChI is InChI=1S/C28H33FN2O5S/c1-18(2)25-16-26(19(3)15-27(25)36-6)20(4)30-28(32)17-31(22-9-7-21(29)8-10-22)37(33,34)24-13-11-23(35-5)12-14-24/h7-16,18,20H,17H2,1-6H3,(H,30,32). The Morgan fingerprint density at radius 3 is 2.11 bits per heavy atom. The fraction of sp³-hybridized carbons (Fsp3) is 0.321. The molecule has 198 valence electrons. The Kier molecular flexibility index (Phi) is 8.81. The third-order valence-corrected chi connectivity index (χ3v) is 7.92. The molecule has 0 aliphatic carbocycles. The van der Waals surface area contributed by atoms with Gasteiger partial charge in [0, 0.05) is 0 Å². The van der Waals surface area contributed by atoms with Crippen LogP contribution in [0.4, 0.5) is 10.1 Å². The van der Waals surface area contributed by atoms with E-state index in [2.05, 4.69) is 19.2 Å². The van der Waals surface area contributed by atoms with Gasteiger partial charge in [-0.3, -0.25) is 9.10 Å². The monoisotopic (exact) mass is 528 g/mol. The van der Waals surface area contributed by atoms with Crippen molar-refractivity contribution in [2.45, 2.75) is 44.6 Å². The second-order valence-electron chi connectivity index (χ2n) is 9.06. The molecule has 1 amide bonds. The van der Waals surface area contributed by atoms with E-state index in [1.54, 1.807) is 7.11 Å². The average molecular weight is 529 g/mol. The molecule has 0 saturated heterocycles. The van der Waals surface area contributed by atoms with Crippen molar-refractivity contribution >= 4 is 21.6 Å². The van der Waals surface area contributed by atoms with E-state index < -0.39 is 34.3 Å². The summed E-state index contributed by atoms with van der Waals surface area (Å²) in [7, 11) is -1.04. The molecule has 0 aromatic heterocycles. The summed E-state index contributed by atoms with van der Waals surface area (Å²) >= 11 is 0. The Labute approximate surface area is 218 Å². The van der Waals surface area contributed by atoms with Crippen molar-refractivity contribution in [2.75, 3.05) is 25.1 Å². The first kappa shape index (κ1) is 28.0. The van der Waals surface area contributed by atoms with Gasteiger partial charge in [0.05, 0.1) is 30.8 Å². The largest absolute Gasteiger partial charge is 0.497 e. The molecular formula is C28H33FN2O5S. The molecule has 3 aromatic carbocycles. The summed E-state index contributed by atoms with van der Waals surface area (Å²) in [6, 6.07) is 14.4. The maximum absolute atomic E-state index is 13.6. The minimum Gasteiger partial charge on any atom is -0.497 e. The van der Waals surface area contributed by atoms with E-state index in [9.17, 15) is 17.6 Å². The van der Waals surface area contributed by atoms with Crippen LogP contribution in [0.1, 0.15) is 49.4 Å². The lowest BCUT2D eigenvalue weighted by Gasteiger charge is -2.26. The van der Waals surface area contributed by atoms with Gasteiger partial charge in [0.2, 0.25) is 5.91 Å². The van der Waals surface area contributed by atoms with Gasteiger partial charge in [-0.15, -0.1) is 0 Å². The van der Waals surface area contributed by atoms with Gasteiger partial charge in [-0.2, -0.15) is 0 Å². The summed E-state index contributed by atoms with van der Waals surface area (Å²) in [6.07, 6.45) is 0. The quantitative estimate of drug-likeness (QED) is 0.384. The van der Waals surface area contributed by atoms with Crippen LogP contribution in [0.15, 0.2) is 65.6 Å². The molecular weight excluding hydrogens is 495 g/mol. The Bertz CT molecular complexity index is 1340. The maximum Gasteiger partial charge on any atom is 0.264 e. The molecule has 0 heterocycles. The maximum atomic E-state index is 13.6.